The predicted molar refractivity (Wildman–Crippen MR) is 114 cm³/mol. The summed E-state index contributed by atoms with van der Waals surface area (Å²) >= 11 is 6.19. The summed E-state index contributed by atoms with van der Waals surface area (Å²) in [6.45, 7) is 0. The molecule has 6 heteroatoms. The Labute approximate surface area is 166 Å². The standard InChI is InChI=1S/C22H16ClN3O2/c23-15-11-12-18-17(13-15)19(14-7-3-1-4-8-14)20(21(27)25-18)26-22(28)24-16-9-5-2-6-10-16/h1-13H,(H,25,27)(H2,24,26,28). The molecule has 0 saturated heterocycles. The number of nitrogens with one attached hydrogen (secondary N) is 3. The number of fused-ring (bicyclic) bond motifs is 1. The molecule has 1 aromatic heterocycles. The summed E-state index contributed by atoms with van der Waals surface area (Å²) < 4.78 is 0. The van der Waals surface area contributed by atoms with E-state index in [1.807, 2.05) is 48.5 Å². The molecule has 0 radical (unpaired) electrons. The van der Waals surface area contributed by atoms with Crippen molar-refractivity contribution in [3.05, 3.63) is 94.2 Å². The number of amides is 2. The number of rotatable bonds is 3. The van der Waals surface area contributed by atoms with Crippen molar-refractivity contribution in [1.29, 1.82) is 0 Å². The van der Waals surface area contributed by atoms with Crippen LogP contribution in [0.5, 0.6) is 0 Å². The quantitative estimate of drug-likeness (QED) is 0.433. The van der Waals surface area contributed by atoms with Crippen molar-refractivity contribution in [2.45, 2.75) is 0 Å². The highest BCUT2D eigenvalue weighted by molar-refractivity contribution is 6.31. The van der Waals surface area contributed by atoms with E-state index in [0.29, 0.717) is 21.8 Å². The molecule has 138 valence electrons. The van der Waals surface area contributed by atoms with Gasteiger partial charge in [0.2, 0.25) is 0 Å². The highest BCUT2D eigenvalue weighted by atomic mass is 35.5. The average molecular weight is 390 g/mol. The van der Waals surface area contributed by atoms with Gasteiger partial charge in [0, 0.05) is 27.2 Å². The lowest BCUT2D eigenvalue weighted by molar-refractivity contribution is 0.262. The van der Waals surface area contributed by atoms with E-state index in [4.69, 9.17) is 11.6 Å². The maximum absolute atomic E-state index is 12.8. The van der Waals surface area contributed by atoms with Crippen LogP contribution < -0.4 is 16.2 Å². The smallest absolute Gasteiger partial charge is 0.320 e. The lowest BCUT2D eigenvalue weighted by atomic mass is 9.99. The number of anilines is 2. The normalized spacial score (nSPS) is 10.6. The van der Waals surface area contributed by atoms with Crippen LogP contribution in [0.3, 0.4) is 0 Å². The van der Waals surface area contributed by atoms with E-state index < -0.39 is 11.6 Å². The van der Waals surface area contributed by atoms with Crippen molar-refractivity contribution < 1.29 is 4.79 Å². The Morgan fingerprint density at radius 1 is 0.857 bits per heavy atom. The first-order valence-corrected chi connectivity index (χ1v) is 9.03. The maximum atomic E-state index is 12.8. The molecular weight excluding hydrogens is 374 g/mol. The molecule has 1 heterocycles. The summed E-state index contributed by atoms with van der Waals surface area (Å²) in [4.78, 5) is 28.1. The van der Waals surface area contributed by atoms with Gasteiger partial charge in [-0.1, -0.05) is 60.1 Å². The van der Waals surface area contributed by atoms with Crippen molar-refractivity contribution in [3.8, 4) is 11.1 Å². The van der Waals surface area contributed by atoms with E-state index in [1.165, 1.54) is 0 Å². The minimum atomic E-state index is -0.504. The number of aromatic amines is 1. The second-order valence-corrected chi connectivity index (χ2v) is 6.64. The van der Waals surface area contributed by atoms with Gasteiger partial charge in [0.15, 0.2) is 0 Å². The monoisotopic (exact) mass is 389 g/mol. The van der Waals surface area contributed by atoms with Gasteiger partial charge in [-0.25, -0.2) is 4.79 Å². The number of aromatic nitrogens is 1. The molecule has 2 amide bonds. The van der Waals surface area contributed by atoms with Gasteiger partial charge in [-0.2, -0.15) is 0 Å². The zero-order valence-electron chi connectivity index (χ0n) is 14.7. The second-order valence-electron chi connectivity index (χ2n) is 6.21. The first-order chi connectivity index (χ1) is 13.6. The van der Waals surface area contributed by atoms with Crippen LogP contribution in [0.4, 0.5) is 16.2 Å². The van der Waals surface area contributed by atoms with Gasteiger partial charge in [0.25, 0.3) is 5.56 Å². The fourth-order valence-corrected chi connectivity index (χ4v) is 3.26. The molecule has 4 rings (SSSR count). The molecule has 0 aliphatic heterocycles. The summed E-state index contributed by atoms with van der Waals surface area (Å²) in [5, 5.41) is 6.71. The molecule has 0 atom stereocenters. The van der Waals surface area contributed by atoms with Crippen LogP contribution in [0, 0.1) is 0 Å². The fourth-order valence-electron chi connectivity index (χ4n) is 3.09. The van der Waals surface area contributed by atoms with Crippen molar-refractivity contribution in [2.75, 3.05) is 10.6 Å². The molecule has 5 nitrogen and oxygen atoms in total. The highest BCUT2D eigenvalue weighted by Gasteiger charge is 2.17. The Balaban J connectivity index is 1.84. The maximum Gasteiger partial charge on any atom is 0.323 e. The van der Waals surface area contributed by atoms with Crippen molar-refractivity contribution in [1.82, 2.24) is 4.98 Å². The largest absolute Gasteiger partial charge is 0.323 e. The van der Waals surface area contributed by atoms with Crippen LogP contribution in [0.15, 0.2) is 83.7 Å². The molecular formula is C22H16ClN3O2. The number of carbonyl (C=O) groups is 1. The SMILES string of the molecule is O=C(Nc1ccccc1)Nc1c(-c2ccccc2)c2cc(Cl)ccc2[nH]c1=O. The third-order valence-electron chi connectivity index (χ3n) is 4.31. The number of halogens is 1. The molecule has 0 unspecified atom stereocenters. The summed E-state index contributed by atoms with van der Waals surface area (Å²) in [5.74, 6) is 0. The fraction of sp³-hybridized carbons (Fsp3) is 0. The molecule has 0 fully saturated rings. The van der Waals surface area contributed by atoms with Gasteiger partial charge < -0.3 is 15.6 Å². The molecule has 0 aliphatic rings. The van der Waals surface area contributed by atoms with Gasteiger partial charge in [-0.15, -0.1) is 0 Å². The zero-order valence-corrected chi connectivity index (χ0v) is 15.5. The summed E-state index contributed by atoms with van der Waals surface area (Å²) in [6, 6.07) is 23.2. The molecule has 0 aliphatic carbocycles. The number of benzene rings is 3. The van der Waals surface area contributed by atoms with E-state index in [0.717, 1.165) is 10.9 Å². The third-order valence-corrected chi connectivity index (χ3v) is 4.54. The number of urea groups is 1. The Bertz CT molecular complexity index is 1210. The summed E-state index contributed by atoms with van der Waals surface area (Å²) in [5.41, 5.74) is 2.45. The summed E-state index contributed by atoms with van der Waals surface area (Å²) in [7, 11) is 0. The minimum absolute atomic E-state index is 0.161. The van der Waals surface area contributed by atoms with Crippen LogP contribution >= 0.6 is 11.6 Å². The predicted octanol–water partition coefficient (Wildman–Crippen LogP) is 5.49. The highest BCUT2D eigenvalue weighted by Crippen LogP contribution is 2.33. The van der Waals surface area contributed by atoms with Crippen molar-refractivity contribution >= 4 is 39.9 Å². The van der Waals surface area contributed by atoms with Crippen LogP contribution in [0.25, 0.3) is 22.0 Å². The van der Waals surface area contributed by atoms with Crippen molar-refractivity contribution in [2.24, 2.45) is 0 Å². The number of pyridine rings is 1. The minimum Gasteiger partial charge on any atom is -0.320 e. The van der Waals surface area contributed by atoms with E-state index in [1.54, 1.807) is 30.3 Å². The van der Waals surface area contributed by atoms with Gasteiger partial charge >= 0.3 is 6.03 Å². The number of hydrogen-bond acceptors (Lipinski definition) is 2. The number of para-hydroxylation sites is 1. The van der Waals surface area contributed by atoms with E-state index in [-0.39, 0.29) is 5.69 Å². The second kappa shape index (κ2) is 7.58. The Kier molecular flexibility index (Phi) is 4.83. The van der Waals surface area contributed by atoms with Gasteiger partial charge in [-0.3, -0.25) is 4.79 Å². The number of H-pyrrole nitrogens is 1. The molecule has 0 bridgehead atoms. The Morgan fingerprint density at radius 3 is 2.25 bits per heavy atom. The molecule has 3 aromatic carbocycles. The van der Waals surface area contributed by atoms with E-state index in [2.05, 4.69) is 15.6 Å². The van der Waals surface area contributed by atoms with Crippen LogP contribution in [0.2, 0.25) is 5.02 Å². The van der Waals surface area contributed by atoms with Crippen LogP contribution in [-0.2, 0) is 0 Å². The van der Waals surface area contributed by atoms with Gasteiger partial charge in [-0.05, 0) is 35.9 Å². The average Bonchev–Trinajstić information content (AvgIpc) is 2.70. The Morgan fingerprint density at radius 2 is 1.54 bits per heavy atom. The molecule has 28 heavy (non-hydrogen) atoms. The lowest BCUT2D eigenvalue weighted by Crippen LogP contribution is -2.25. The summed E-state index contributed by atoms with van der Waals surface area (Å²) in [6.07, 6.45) is 0. The van der Waals surface area contributed by atoms with Crippen molar-refractivity contribution in [3.63, 3.8) is 0 Å². The van der Waals surface area contributed by atoms with Crippen LogP contribution in [0.1, 0.15) is 0 Å². The molecule has 3 N–H and O–H groups in total. The van der Waals surface area contributed by atoms with E-state index >= 15 is 0 Å². The first-order valence-electron chi connectivity index (χ1n) is 8.66. The number of hydrogen-bond donors (Lipinski definition) is 3. The topological polar surface area (TPSA) is 74.0 Å². The Hall–Kier alpha value is -3.57. The number of carbonyl (C=O) groups excluding carboxylic acids is 1. The lowest BCUT2D eigenvalue weighted by Gasteiger charge is -2.14. The van der Waals surface area contributed by atoms with Gasteiger partial charge in [0.05, 0.1) is 0 Å². The molecule has 0 spiro atoms. The zero-order chi connectivity index (χ0) is 19.5. The van der Waals surface area contributed by atoms with Gasteiger partial charge in [0.1, 0.15) is 5.69 Å². The van der Waals surface area contributed by atoms with Crippen LogP contribution in [-0.4, -0.2) is 11.0 Å². The molecule has 0 saturated carbocycles. The van der Waals surface area contributed by atoms with E-state index in [9.17, 15) is 9.59 Å². The third kappa shape index (κ3) is 3.61. The molecule has 4 aromatic rings. The first kappa shape index (κ1) is 17.8.